The number of phosphoric ester groups is 1. The smallest absolute Gasteiger partial charge is 0.354 e. The molecule has 3 heterocycles. The molecule has 0 spiro atoms. The number of anilines is 1. The topological polar surface area (TPSA) is 188 Å². The summed E-state index contributed by atoms with van der Waals surface area (Å²) in [7, 11) is -2.96. The molecule has 0 saturated heterocycles. The van der Waals surface area contributed by atoms with Crippen molar-refractivity contribution in [2.45, 2.75) is 52.9 Å². The van der Waals surface area contributed by atoms with Gasteiger partial charge in [0.15, 0.2) is 18.2 Å². The average Bonchev–Trinajstić information content (AvgIpc) is 3.63. The molecule has 1 fully saturated rings. The molecule has 1 aliphatic carbocycles. The second-order valence-corrected chi connectivity index (χ2v) is 11.4. The second-order valence-electron chi connectivity index (χ2n) is 10.0. The molecule has 40 heavy (non-hydrogen) atoms. The van der Waals surface area contributed by atoms with Crippen molar-refractivity contribution in [2.24, 2.45) is 18.0 Å². The lowest BCUT2D eigenvalue weighted by atomic mass is 10.1. The van der Waals surface area contributed by atoms with E-state index in [1.165, 1.54) is 17.1 Å². The molecule has 1 saturated carbocycles. The average molecular weight is 577 g/mol. The van der Waals surface area contributed by atoms with Crippen molar-refractivity contribution in [1.29, 1.82) is 0 Å². The number of rotatable bonds is 9. The number of aromatic nitrogens is 6. The van der Waals surface area contributed by atoms with E-state index >= 15 is 0 Å². The van der Waals surface area contributed by atoms with Gasteiger partial charge in [-0.2, -0.15) is 20.1 Å². The van der Waals surface area contributed by atoms with Crippen LogP contribution >= 0.6 is 7.82 Å². The summed E-state index contributed by atoms with van der Waals surface area (Å²) in [4.78, 5) is 46.2. The number of phosphoric acid groups is 1. The van der Waals surface area contributed by atoms with Gasteiger partial charge in [-0.25, -0.2) is 19.2 Å². The van der Waals surface area contributed by atoms with Crippen molar-refractivity contribution in [3.05, 3.63) is 41.1 Å². The molecular weight excluding hydrogens is 541 g/mol. The Bertz CT molecular complexity index is 1660. The molecule has 4 rings (SSSR count). The van der Waals surface area contributed by atoms with E-state index in [2.05, 4.69) is 30.6 Å². The highest BCUT2D eigenvalue weighted by molar-refractivity contribution is 7.47. The van der Waals surface area contributed by atoms with Crippen molar-refractivity contribution >= 4 is 31.3 Å². The maximum atomic E-state index is 13.1. The molecule has 1 unspecified atom stereocenters. The van der Waals surface area contributed by atoms with Gasteiger partial charge in [0.1, 0.15) is 16.9 Å². The minimum Gasteiger partial charge on any atom is -0.354 e. The lowest BCUT2D eigenvalue weighted by Gasteiger charge is -2.23. The van der Waals surface area contributed by atoms with E-state index in [0.29, 0.717) is 29.7 Å². The van der Waals surface area contributed by atoms with Gasteiger partial charge >= 0.3 is 7.82 Å². The number of nitrogens with zero attached hydrogens (tertiary/aromatic N) is 7. The molecule has 3 aromatic rings. The minimum atomic E-state index is -4.63. The highest BCUT2D eigenvalue weighted by atomic mass is 31.2. The van der Waals surface area contributed by atoms with Crippen molar-refractivity contribution < 1.29 is 32.2 Å². The zero-order valence-electron chi connectivity index (χ0n) is 25.6. The summed E-state index contributed by atoms with van der Waals surface area (Å²) >= 11 is 0. The van der Waals surface area contributed by atoms with E-state index in [1.807, 2.05) is 5.32 Å². The Balaban J connectivity index is 1.86. The van der Waals surface area contributed by atoms with Gasteiger partial charge in [-0.15, -0.1) is 0 Å². The lowest BCUT2D eigenvalue weighted by molar-refractivity contribution is -0.117. The molecular formula is C24H32N9O6P. The fraction of sp³-hybridized carbons (Fsp3) is 0.458. The largest absolute Gasteiger partial charge is 0.474 e. The van der Waals surface area contributed by atoms with E-state index in [9.17, 15) is 19.0 Å². The van der Waals surface area contributed by atoms with Gasteiger partial charge in [0.05, 0.1) is 11.8 Å². The number of carbonyl (C=O) groups excluding carboxylic acids is 2. The first kappa shape index (κ1) is 25.2. The molecule has 0 bridgehead atoms. The van der Waals surface area contributed by atoms with E-state index in [4.69, 9.17) is 13.2 Å². The van der Waals surface area contributed by atoms with Gasteiger partial charge in [0.25, 0.3) is 5.91 Å². The van der Waals surface area contributed by atoms with Crippen LogP contribution < -0.4 is 16.0 Å². The Labute approximate surface area is 234 Å². The van der Waals surface area contributed by atoms with Crippen molar-refractivity contribution in [1.82, 2.24) is 35.1 Å². The molecule has 1 atom stereocenters. The second kappa shape index (κ2) is 11.4. The summed E-state index contributed by atoms with van der Waals surface area (Å²) in [5.74, 6) is -1.61. The number of carbonyl (C=O) groups is 2. The first-order chi connectivity index (χ1) is 19.9. The van der Waals surface area contributed by atoms with Crippen LogP contribution in [0, 0.1) is 12.8 Å². The van der Waals surface area contributed by atoms with Gasteiger partial charge in [-0.1, -0.05) is 0 Å². The van der Waals surface area contributed by atoms with Crippen LogP contribution in [-0.4, -0.2) is 59.0 Å². The van der Waals surface area contributed by atoms with Crippen LogP contribution in [0.1, 0.15) is 53.8 Å². The Morgan fingerprint density at radius 1 is 1.32 bits per heavy atom. The van der Waals surface area contributed by atoms with Gasteiger partial charge in [0.2, 0.25) is 5.91 Å². The van der Waals surface area contributed by atoms with Crippen LogP contribution in [0.4, 0.5) is 11.6 Å². The van der Waals surface area contributed by atoms with Crippen LogP contribution in [0.15, 0.2) is 29.5 Å². The lowest BCUT2D eigenvalue weighted by Crippen LogP contribution is -2.32. The van der Waals surface area contributed by atoms with E-state index in [1.54, 1.807) is 47.0 Å². The predicted octanol–water partition coefficient (Wildman–Crippen LogP) is 2.21. The fourth-order valence-electron chi connectivity index (χ4n) is 3.58. The number of aryl methyl sites for hydroxylation is 1. The molecule has 0 aliphatic heterocycles. The maximum Gasteiger partial charge on any atom is 0.474 e. The third kappa shape index (κ3) is 7.24. The summed E-state index contributed by atoms with van der Waals surface area (Å²) in [5.41, 5.74) is 0.240. The van der Waals surface area contributed by atoms with Crippen molar-refractivity contribution in [3.63, 3.8) is 0 Å². The summed E-state index contributed by atoms with van der Waals surface area (Å²) in [6.07, 6.45) is 4.39. The summed E-state index contributed by atoms with van der Waals surface area (Å²) in [6.45, 7) is 2.75. The van der Waals surface area contributed by atoms with Crippen molar-refractivity contribution in [2.75, 3.05) is 12.3 Å². The molecule has 3 aromatic heterocycles. The number of hydrogen-bond donors (Lipinski definition) is 3. The molecule has 214 valence electrons. The SMILES string of the molecule is [2H]C([2H])([2H])NC(=O)c1nn(COP(=O)(O)OC(C)(C)C)c(NC(=O)C2CC2)cc1=Nc1nccc(-c2cnn(C)n2)c1C. The zero-order valence-corrected chi connectivity index (χ0v) is 23.5. The number of amides is 2. The summed E-state index contributed by atoms with van der Waals surface area (Å²) in [5, 5.41) is 17.0. The molecule has 0 radical (unpaired) electrons. The Hall–Kier alpha value is -3.78. The molecule has 15 nitrogen and oxygen atoms in total. The number of pyridine rings is 1. The van der Waals surface area contributed by atoms with Gasteiger partial charge in [-0.05, 0) is 46.6 Å². The Morgan fingerprint density at radius 3 is 2.70 bits per heavy atom. The van der Waals surface area contributed by atoms with Crippen LogP contribution in [0.5, 0.6) is 0 Å². The van der Waals surface area contributed by atoms with E-state index in [0.717, 1.165) is 4.68 Å². The van der Waals surface area contributed by atoms with E-state index in [-0.39, 0.29) is 28.8 Å². The quantitative estimate of drug-likeness (QED) is 0.319. The zero-order chi connectivity index (χ0) is 31.7. The number of nitrogens with one attached hydrogen (secondary N) is 2. The minimum absolute atomic E-state index is 0.0421. The van der Waals surface area contributed by atoms with Gasteiger partial charge < -0.3 is 15.5 Å². The first-order valence-corrected chi connectivity index (χ1v) is 13.7. The molecule has 16 heteroatoms. The van der Waals surface area contributed by atoms with Gasteiger partial charge in [0, 0.05) is 47.4 Å². The summed E-state index contributed by atoms with van der Waals surface area (Å²) < 4.78 is 46.2. The van der Waals surface area contributed by atoms with Crippen LogP contribution in [0.3, 0.4) is 0 Å². The highest BCUT2D eigenvalue weighted by Gasteiger charge is 2.32. The van der Waals surface area contributed by atoms with Crippen LogP contribution in [0.2, 0.25) is 0 Å². The summed E-state index contributed by atoms with van der Waals surface area (Å²) in [6, 6.07) is 2.98. The highest BCUT2D eigenvalue weighted by Crippen LogP contribution is 2.47. The van der Waals surface area contributed by atoms with Gasteiger partial charge in [-0.3, -0.25) is 18.6 Å². The third-order valence-corrected chi connectivity index (χ3v) is 6.77. The molecule has 3 N–H and O–H groups in total. The number of hydrogen-bond acceptors (Lipinski definition) is 10. The van der Waals surface area contributed by atoms with Crippen molar-refractivity contribution in [3.8, 4) is 11.3 Å². The van der Waals surface area contributed by atoms with Crippen LogP contribution in [-0.2, 0) is 32.2 Å². The van der Waals surface area contributed by atoms with Crippen LogP contribution in [0.25, 0.3) is 11.3 Å². The standard InChI is InChI=1S/C24H32N9O6P/c1-14-16(18-12-27-32(6)30-18)9-10-26-21(14)28-17-11-19(29-22(34)15-7-8-15)33(31-20(17)23(35)25-5)13-38-40(36,37)39-24(2,3)4/h9-12,15H,7-8,13H2,1-6H3,(H,25,35)(H,29,34)(H,36,37)/i5D3. The predicted molar refractivity (Wildman–Crippen MR) is 143 cm³/mol. The maximum absolute atomic E-state index is 13.1. The molecule has 1 aliphatic rings. The Kier molecular flexibility index (Phi) is 7.17. The van der Waals surface area contributed by atoms with E-state index < -0.39 is 38.7 Å². The monoisotopic (exact) mass is 576 g/mol. The third-order valence-electron chi connectivity index (χ3n) is 5.55. The first-order valence-electron chi connectivity index (χ1n) is 13.7. The molecule has 0 aromatic carbocycles. The molecule has 2 amide bonds. The normalized spacial score (nSPS) is 16.9. The Morgan fingerprint density at radius 2 is 2.08 bits per heavy atom. The fourth-order valence-corrected chi connectivity index (χ4v) is 4.58.